The summed E-state index contributed by atoms with van der Waals surface area (Å²) >= 11 is 0. The maximum absolute atomic E-state index is 12.1. The predicted molar refractivity (Wildman–Crippen MR) is 87.6 cm³/mol. The summed E-state index contributed by atoms with van der Waals surface area (Å²) in [6, 6.07) is 7.05. The number of esters is 1. The van der Waals surface area contributed by atoms with Gasteiger partial charge in [0.1, 0.15) is 6.10 Å². The first-order valence-corrected chi connectivity index (χ1v) is 8.27. The van der Waals surface area contributed by atoms with Crippen LogP contribution in [0.3, 0.4) is 0 Å². The standard InChI is InChI=1S/C18H21NO5/c1-12(23-18(21)24-15-5-3-2-4-6-15)22-17(20)14-7-8-16-13(11-14)9-10-19-16/h7-12,15,19H,2-6H2,1H3. The Morgan fingerprint density at radius 1 is 1.12 bits per heavy atom. The van der Waals surface area contributed by atoms with Crippen molar-refractivity contribution in [2.45, 2.75) is 51.4 Å². The molecule has 1 saturated carbocycles. The summed E-state index contributed by atoms with van der Waals surface area (Å²) in [7, 11) is 0. The van der Waals surface area contributed by atoms with Gasteiger partial charge >= 0.3 is 12.1 Å². The number of aromatic amines is 1. The molecule has 0 radical (unpaired) electrons. The predicted octanol–water partition coefficient (Wildman–Crippen LogP) is 4.16. The highest BCUT2D eigenvalue weighted by atomic mass is 16.8. The number of ether oxygens (including phenoxy) is 3. The first-order chi connectivity index (χ1) is 11.6. The van der Waals surface area contributed by atoms with Crippen LogP contribution in [-0.2, 0) is 14.2 Å². The molecule has 1 aromatic heterocycles. The van der Waals surface area contributed by atoms with Gasteiger partial charge in [-0.2, -0.15) is 0 Å². The van der Waals surface area contributed by atoms with Crippen molar-refractivity contribution < 1.29 is 23.8 Å². The number of rotatable bonds is 4. The van der Waals surface area contributed by atoms with Gasteiger partial charge in [-0.25, -0.2) is 9.59 Å². The van der Waals surface area contributed by atoms with E-state index in [0.29, 0.717) is 5.56 Å². The lowest BCUT2D eigenvalue weighted by atomic mass is 9.98. The molecule has 0 amide bonds. The van der Waals surface area contributed by atoms with E-state index in [1.165, 1.54) is 13.3 Å². The van der Waals surface area contributed by atoms with E-state index in [1.807, 2.05) is 6.07 Å². The second-order valence-corrected chi connectivity index (χ2v) is 6.00. The number of aromatic nitrogens is 1. The highest BCUT2D eigenvalue weighted by molar-refractivity contribution is 5.94. The van der Waals surface area contributed by atoms with Crippen LogP contribution in [0.15, 0.2) is 30.5 Å². The summed E-state index contributed by atoms with van der Waals surface area (Å²) in [6.07, 6.45) is 4.93. The van der Waals surface area contributed by atoms with E-state index >= 15 is 0 Å². The largest absolute Gasteiger partial charge is 0.511 e. The van der Waals surface area contributed by atoms with Crippen LogP contribution < -0.4 is 0 Å². The topological polar surface area (TPSA) is 77.6 Å². The van der Waals surface area contributed by atoms with Crippen molar-refractivity contribution in [2.75, 3.05) is 0 Å². The van der Waals surface area contributed by atoms with Crippen LogP contribution in [0.1, 0.15) is 49.4 Å². The molecule has 1 heterocycles. The molecule has 1 aliphatic rings. The molecule has 1 aromatic carbocycles. The van der Waals surface area contributed by atoms with Gasteiger partial charge in [-0.3, -0.25) is 0 Å². The minimum atomic E-state index is -1.00. The van der Waals surface area contributed by atoms with Crippen LogP contribution in [0.2, 0.25) is 0 Å². The van der Waals surface area contributed by atoms with Crippen molar-refractivity contribution in [3.05, 3.63) is 36.0 Å². The highest BCUT2D eigenvalue weighted by Crippen LogP contribution is 2.21. The summed E-state index contributed by atoms with van der Waals surface area (Å²) in [6.45, 7) is 1.49. The highest BCUT2D eigenvalue weighted by Gasteiger charge is 2.21. The van der Waals surface area contributed by atoms with Gasteiger partial charge in [0.25, 0.3) is 0 Å². The van der Waals surface area contributed by atoms with Crippen molar-refractivity contribution in [3.63, 3.8) is 0 Å². The zero-order valence-electron chi connectivity index (χ0n) is 13.6. The quantitative estimate of drug-likeness (QED) is 0.672. The van der Waals surface area contributed by atoms with E-state index in [2.05, 4.69) is 4.98 Å². The van der Waals surface area contributed by atoms with Gasteiger partial charge in [0.2, 0.25) is 6.29 Å². The molecule has 0 saturated heterocycles. The molecule has 0 spiro atoms. The Balaban J connectivity index is 1.50. The lowest BCUT2D eigenvalue weighted by Crippen LogP contribution is -2.26. The third-order valence-corrected chi connectivity index (χ3v) is 4.14. The first kappa shape index (κ1) is 16.4. The minimum Gasteiger partial charge on any atom is -0.431 e. The molecule has 0 aliphatic heterocycles. The van der Waals surface area contributed by atoms with Crippen LogP contribution in [0, 0.1) is 0 Å². The monoisotopic (exact) mass is 331 g/mol. The van der Waals surface area contributed by atoms with E-state index in [0.717, 1.165) is 36.6 Å². The van der Waals surface area contributed by atoms with Crippen molar-refractivity contribution in [1.29, 1.82) is 0 Å². The van der Waals surface area contributed by atoms with Gasteiger partial charge < -0.3 is 19.2 Å². The third-order valence-electron chi connectivity index (χ3n) is 4.14. The Kier molecular flexibility index (Phi) is 5.03. The maximum Gasteiger partial charge on any atom is 0.511 e. The Hall–Kier alpha value is -2.50. The molecule has 1 aliphatic carbocycles. The average Bonchev–Trinajstić information content (AvgIpc) is 3.02. The average molecular weight is 331 g/mol. The molecule has 0 bridgehead atoms. The van der Waals surface area contributed by atoms with Crippen molar-refractivity contribution in [1.82, 2.24) is 4.98 Å². The third kappa shape index (κ3) is 4.07. The van der Waals surface area contributed by atoms with Crippen LogP contribution in [-0.4, -0.2) is 29.5 Å². The number of benzene rings is 1. The van der Waals surface area contributed by atoms with Crippen molar-refractivity contribution >= 4 is 23.0 Å². The van der Waals surface area contributed by atoms with E-state index in [1.54, 1.807) is 24.4 Å². The molecular weight excluding hydrogens is 310 g/mol. The number of fused-ring (bicyclic) bond motifs is 1. The zero-order valence-corrected chi connectivity index (χ0v) is 13.6. The summed E-state index contributed by atoms with van der Waals surface area (Å²) in [5, 5.41) is 0.912. The van der Waals surface area contributed by atoms with Gasteiger partial charge in [-0.05, 0) is 49.9 Å². The van der Waals surface area contributed by atoms with Crippen LogP contribution in [0.25, 0.3) is 10.9 Å². The molecule has 1 N–H and O–H groups in total. The summed E-state index contributed by atoms with van der Waals surface area (Å²) < 4.78 is 15.4. The first-order valence-electron chi connectivity index (χ1n) is 8.27. The summed E-state index contributed by atoms with van der Waals surface area (Å²) in [5.74, 6) is -0.545. The summed E-state index contributed by atoms with van der Waals surface area (Å²) in [5.41, 5.74) is 1.34. The molecule has 1 unspecified atom stereocenters. The van der Waals surface area contributed by atoms with E-state index in [9.17, 15) is 9.59 Å². The zero-order chi connectivity index (χ0) is 16.9. The Morgan fingerprint density at radius 3 is 2.71 bits per heavy atom. The molecule has 24 heavy (non-hydrogen) atoms. The molecular formula is C18H21NO5. The summed E-state index contributed by atoms with van der Waals surface area (Å²) in [4.78, 5) is 26.9. The molecule has 1 fully saturated rings. The number of carbonyl (C=O) groups excluding carboxylic acids is 2. The SMILES string of the molecule is CC(OC(=O)OC1CCCCC1)OC(=O)c1ccc2[nH]ccc2c1. The number of carbonyl (C=O) groups is 2. The van der Waals surface area contributed by atoms with E-state index < -0.39 is 18.4 Å². The Bertz CT molecular complexity index is 717. The second-order valence-electron chi connectivity index (χ2n) is 6.00. The Morgan fingerprint density at radius 2 is 1.92 bits per heavy atom. The van der Waals surface area contributed by atoms with Gasteiger partial charge in [0, 0.05) is 24.0 Å². The smallest absolute Gasteiger partial charge is 0.431 e. The van der Waals surface area contributed by atoms with Crippen molar-refractivity contribution in [3.8, 4) is 0 Å². The van der Waals surface area contributed by atoms with Gasteiger partial charge in [-0.1, -0.05) is 6.42 Å². The normalized spacial score (nSPS) is 16.5. The minimum absolute atomic E-state index is 0.0925. The molecule has 2 aromatic rings. The second kappa shape index (κ2) is 7.38. The van der Waals surface area contributed by atoms with Gasteiger partial charge in [0.15, 0.2) is 0 Å². The van der Waals surface area contributed by atoms with Crippen LogP contribution in [0.4, 0.5) is 4.79 Å². The number of nitrogens with one attached hydrogen (secondary N) is 1. The van der Waals surface area contributed by atoms with Gasteiger partial charge in [-0.15, -0.1) is 0 Å². The van der Waals surface area contributed by atoms with Crippen LogP contribution in [0.5, 0.6) is 0 Å². The number of H-pyrrole nitrogens is 1. The number of hydrogen-bond donors (Lipinski definition) is 1. The molecule has 6 nitrogen and oxygen atoms in total. The number of hydrogen-bond acceptors (Lipinski definition) is 5. The van der Waals surface area contributed by atoms with Gasteiger partial charge in [0.05, 0.1) is 5.56 Å². The Labute approximate surface area is 140 Å². The maximum atomic E-state index is 12.1. The van der Waals surface area contributed by atoms with Crippen LogP contribution >= 0.6 is 0 Å². The molecule has 1 atom stereocenters. The fourth-order valence-corrected chi connectivity index (χ4v) is 2.91. The lowest BCUT2D eigenvalue weighted by Gasteiger charge is -2.22. The van der Waals surface area contributed by atoms with E-state index in [-0.39, 0.29) is 6.10 Å². The molecule has 3 rings (SSSR count). The fraction of sp³-hybridized carbons (Fsp3) is 0.444. The van der Waals surface area contributed by atoms with Crippen molar-refractivity contribution in [2.24, 2.45) is 0 Å². The lowest BCUT2D eigenvalue weighted by molar-refractivity contribution is -0.0914. The molecule has 128 valence electrons. The van der Waals surface area contributed by atoms with E-state index in [4.69, 9.17) is 14.2 Å². The molecule has 6 heteroatoms. The fourth-order valence-electron chi connectivity index (χ4n) is 2.91.